The highest BCUT2D eigenvalue weighted by Crippen LogP contribution is 2.21. The van der Waals surface area contributed by atoms with E-state index >= 15 is 0 Å². The number of nitrogens with zero attached hydrogens (tertiary/aromatic N) is 4. The van der Waals surface area contributed by atoms with Gasteiger partial charge in [-0.25, -0.2) is 13.2 Å². The lowest BCUT2D eigenvalue weighted by molar-refractivity contribution is -0.135. The van der Waals surface area contributed by atoms with Crippen LogP contribution < -0.4 is 0 Å². The second-order valence-corrected chi connectivity index (χ2v) is 10.8. The summed E-state index contributed by atoms with van der Waals surface area (Å²) in [5.74, 6) is 0.167. The summed E-state index contributed by atoms with van der Waals surface area (Å²) in [4.78, 5) is 30.9. The molecule has 1 heterocycles. The summed E-state index contributed by atoms with van der Waals surface area (Å²) in [5, 5.41) is 9.75. The topological polar surface area (TPSA) is 120 Å². The zero-order valence-electron chi connectivity index (χ0n) is 20.3. The largest absolute Gasteiger partial charge is 0.465 e. The zero-order valence-corrected chi connectivity index (χ0v) is 21.9. The maximum Gasteiger partial charge on any atom is 0.413 e. The van der Waals surface area contributed by atoms with E-state index in [1.54, 1.807) is 32.2 Å². The molecule has 0 saturated heterocycles. The number of amides is 2. The van der Waals surface area contributed by atoms with Crippen molar-refractivity contribution < 1.29 is 27.9 Å². The number of hydrogen-bond donors (Lipinski definition) is 1. The number of aliphatic imine (C=N–C) groups is 1. The Morgan fingerprint density at radius 1 is 1.17 bits per heavy atom. The number of likely N-dealkylation sites (N-methyl/N-ethyl adjacent to an activating group) is 2. The number of amidine groups is 1. The lowest BCUT2D eigenvalue weighted by Gasteiger charge is -2.20. The van der Waals surface area contributed by atoms with Crippen LogP contribution in [-0.2, 0) is 26.1 Å². The lowest BCUT2D eigenvalue weighted by Crippen LogP contribution is -2.33. The van der Waals surface area contributed by atoms with Crippen LogP contribution in [0.15, 0.2) is 52.4 Å². The Kier molecular flexibility index (Phi) is 9.07. The van der Waals surface area contributed by atoms with E-state index in [0.29, 0.717) is 41.6 Å². The maximum absolute atomic E-state index is 12.7. The smallest absolute Gasteiger partial charge is 0.413 e. The van der Waals surface area contributed by atoms with E-state index in [4.69, 9.17) is 16.3 Å². The third kappa shape index (κ3) is 6.61. The number of benzene rings is 2. The molecule has 1 aliphatic rings. The average Bonchev–Trinajstić information content (AvgIpc) is 3.34. The molecule has 2 amide bonds. The Hall–Kier alpha value is -2.99. The van der Waals surface area contributed by atoms with Gasteiger partial charge in [-0.1, -0.05) is 35.9 Å². The SMILES string of the molecule is Cc1cc(S(=O)(=O)N(C)CCOCC(=O)N(C)Cc2ccc(C3=NCCN3C(=O)O)cc2)ccc1Cl. The first kappa shape index (κ1) is 27.6. The van der Waals surface area contributed by atoms with Gasteiger partial charge in [-0.05, 0) is 36.2 Å². The molecule has 36 heavy (non-hydrogen) atoms. The quantitative estimate of drug-likeness (QED) is 0.466. The van der Waals surface area contributed by atoms with E-state index in [1.165, 1.54) is 33.3 Å². The third-order valence-corrected chi connectivity index (χ3v) is 8.02. The van der Waals surface area contributed by atoms with Gasteiger partial charge in [-0.2, -0.15) is 4.31 Å². The molecule has 2 aromatic rings. The molecule has 0 unspecified atom stereocenters. The maximum atomic E-state index is 12.7. The van der Waals surface area contributed by atoms with Gasteiger partial charge in [0.15, 0.2) is 0 Å². The molecular formula is C24H29ClN4O6S. The number of carboxylic acid groups (broad SMARTS) is 1. The molecule has 0 radical (unpaired) electrons. The summed E-state index contributed by atoms with van der Waals surface area (Å²) in [5.41, 5.74) is 2.23. The van der Waals surface area contributed by atoms with Gasteiger partial charge < -0.3 is 14.7 Å². The Morgan fingerprint density at radius 2 is 1.86 bits per heavy atom. The molecule has 10 nitrogen and oxygen atoms in total. The van der Waals surface area contributed by atoms with E-state index in [0.717, 1.165) is 5.56 Å². The standard InChI is InChI=1S/C24H29ClN4O6S/c1-17-14-20(8-9-21(17)25)36(33,34)28(3)12-13-35-16-22(30)27(2)15-18-4-6-19(7-5-18)23-26-10-11-29(23)24(31)32/h4-9,14H,10-13,15-16H2,1-3H3,(H,31,32). The van der Waals surface area contributed by atoms with Crippen molar-refractivity contribution in [2.75, 3.05) is 46.9 Å². The Labute approximate surface area is 215 Å². The minimum atomic E-state index is -3.70. The fraction of sp³-hybridized carbons (Fsp3) is 0.375. The van der Waals surface area contributed by atoms with Crippen molar-refractivity contribution in [3.63, 3.8) is 0 Å². The van der Waals surface area contributed by atoms with Gasteiger partial charge in [0.2, 0.25) is 15.9 Å². The minimum Gasteiger partial charge on any atom is -0.465 e. The van der Waals surface area contributed by atoms with Crippen molar-refractivity contribution in [1.82, 2.24) is 14.1 Å². The molecular weight excluding hydrogens is 508 g/mol. The summed E-state index contributed by atoms with van der Waals surface area (Å²) < 4.78 is 32.0. The number of hydrogen-bond acceptors (Lipinski definition) is 6. The van der Waals surface area contributed by atoms with Crippen molar-refractivity contribution in [2.24, 2.45) is 4.99 Å². The molecule has 3 rings (SSSR count). The van der Waals surface area contributed by atoms with Gasteiger partial charge in [0, 0.05) is 37.8 Å². The Morgan fingerprint density at radius 3 is 2.50 bits per heavy atom. The fourth-order valence-electron chi connectivity index (χ4n) is 3.54. The van der Waals surface area contributed by atoms with E-state index in [2.05, 4.69) is 4.99 Å². The molecule has 1 N–H and O–H groups in total. The number of halogens is 1. The van der Waals surface area contributed by atoms with Crippen LogP contribution in [0, 0.1) is 6.92 Å². The Balaban J connectivity index is 1.45. The predicted octanol–water partition coefficient (Wildman–Crippen LogP) is 2.68. The number of aryl methyl sites for hydroxylation is 1. The van der Waals surface area contributed by atoms with Crippen molar-refractivity contribution >= 4 is 39.5 Å². The molecule has 0 aliphatic carbocycles. The number of carbonyl (C=O) groups is 2. The zero-order chi connectivity index (χ0) is 26.5. The first-order valence-corrected chi connectivity index (χ1v) is 13.0. The average molecular weight is 537 g/mol. The summed E-state index contributed by atoms with van der Waals surface area (Å²) in [7, 11) is -0.602. The molecule has 0 spiro atoms. The second-order valence-electron chi connectivity index (χ2n) is 8.38. The van der Waals surface area contributed by atoms with Crippen molar-refractivity contribution in [2.45, 2.75) is 18.4 Å². The van der Waals surface area contributed by atoms with Gasteiger partial charge in [-0.15, -0.1) is 0 Å². The molecule has 0 saturated carbocycles. The minimum absolute atomic E-state index is 0.0543. The third-order valence-electron chi connectivity index (χ3n) is 5.74. The van der Waals surface area contributed by atoms with Crippen LogP contribution in [0.5, 0.6) is 0 Å². The number of ether oxygens (including phenoxy) is 1. The highest BCUT2D eigenvalue weighted by Gasteiger charge is 2.24. The van der Waals surface area contributed by atoms with Gasteiger partial charge >= 0.3 is 6.09 Å². The van der Waals surface area contributed by atoms with Crippen LogP contribution in [0.1, 0.15) is 16.7 Å². The van der Waals surface area contributed by atoms with E-state index in [-0.39, 0.29) is 30.6 Å². The van der Waals surface area contributed by atoms with Crippen molar-refractivity contribution in [3.8, 4) is 0 Å². The first-order chi connectivity index (χ1) is 17.0. The molecule has 1 aliphatic heterocycles. The molecule has 2 aromatic carbocycles. The van der Waals surface area contributed by atoms with Crippen LogP contribution in [0.25, 0.3) is 0 Å². The number of rotatable bonds is 10. The second kappa shape index (κ2) is 11.8. The summed E-state index contributed by atoms with van der Waals surface area (Å²) in [6.07, 6.45) is -1.04. The lowest BCUT2D eigenvalue weighted by atomic mass is 10.1. The molecule has 194 valence electrons. The van der Waals surface area contributed by atoms with Gasteiger partial charge in [0.05, 0.1) is 24.6 Å². The molecule has 0 bridgehead atoms. The first-order valence-electron chi connectivity index (χ1n) is 11.2. The summed E-state index contributed by atoms with van der Waals surface area (Å²) in [6, 6.07) is 11.7. The normalized spacial score (nSPS) is 13.7. The van der Waals surface area contributed by atoms with E-state index < -0.39 is 16.1 Å². The van der Waals surface area contributed by atoms with Crippen LogP contribution in [-0.4, -0.2) is 92.4 Å². The van der Waals surface area contributed by atoms with Gasteiger partial charge in [0.25, 0.3) is 0 Å². The fourth-order valence-corrected chi connectivity index (χ4v) is 4.90. The molecule has 0 fully saturated rings. The van der Waals surface area contributed by atoms with E-state index in [1.807, 2.05) is 12.1 Å². The Bertz CT molecular complexity index is 1250. The highest BCUT2D eigenvalue weighted by molar-refractivity contribution is 7.89. The van der Waals surface area contributed by atoms with Crippen LogP contribution in [0.3, 0.4) is 0 Å². The molecule has 0 atom stereocenters. The van der Waals surface area contributed by atoms with Gasteiger partial charge in [-0.3, -0.25) is 14.7 Å². The predicted molar refractivity (Wildman–Crippen MR) is 136 cm³/mol. The van der Waals surface area contributed by atoms with Crippen molar-refractivity contribution in [3.05, 3.63) is 64.2 Å². The van der Waals surface area contributed by atoms with E-state index in [9.17, 15) is 23.1 Å². The summed E-state index contributed by atoms with van der Waals surface area (Å²) in [6.45, 7) is 2.79. The summed E-state index contributed by atoms with van der Waals surface area (Å²) >= 11 is 5.98. The van der Waals surface area contributed by atoms with Gasteiger partial charge in [0.1, 0.15) is 12.4 Å². The monoisotopic (exact) mass is 536 g/mol. The van der Waals surface area contributed by atoms with Crippen molar-refractivity contribution in [1.29, 1.82) is 0 Å². The van der Waals surface area contributed by atoms with Crippen LogP contribution in [0.4, 0.5) is 4.79 Å². The number of sulfonamides is 1. The molecule has 12 heteroatoms. The van der Waals surface area contributed by atoms with Crippen LogP contribution in [0.2, 0.25) is 5.02 Å². The van der Waals surface area contributed by atoms with Crippen LogP contribution >= 0.6 is 11.6 Å². The highest BCUT2D eigenvalue weighted by atomic mass is 35.5. The number of carbonyl (C=O) groups excluding carboxylic acids is 1. The molecule has 0 aromatic heterocycles.